The lowest BCUT2D eigenvalue weighted by atomic mass is 9.93. The van der Waals surface area contributed by atoms with Gasteiger partial charge in [-0.25, -0.2) is 4.39 Å². The summed E-state index contributed by atoms with van der Waals surface area (Å²) < 4.78 is 14.5. The third kappa shape index (κ3) is 4.29. The van der Waals surface area contributed by atoms with E-state index in [1.54, 1.807) is 6.07 Å². The molecule has 1 heterocycles. The number of piperidine rings is 1. The Labute approximate surface area is 140 Å². The molecule has 1 aliphatic heterocycles. The van der Waals surface area contributed by atoms with Gasteiger partial charge in [0, 0.05) is 23.1 Å². The number of halogens is 2. The van der Waals surface area contributed by atoms with Crippen LogP contribution < -0.4 is 5.32 Å². The Morgan fingerprint density at radius 3 is 2.86 bits per heavy atom. The van der Waals surface area contributed by atoms with Crippen LogP contribution in [0.3, 0.4) is 0 Å². The molecule has 22 heavy (non-hydrogen) atoms. The Hall–Kier alpha value is -0.940. The van der Waals surface area contributed by atoms with Crippen molar-refractivity contribution >= 4 is 21.8 Å². The Kier molecular flexibility index (Phi) is 5.61. The van der Waals surface area contributed by atoms with Gasteiger partial charge in [-0.3, -0.25) is 9.69 Å². The van der Waals surface area contributed by atoms with Crippen molar-refractivity contribution in [1.82, 2.24) is 10.2 Å². The van der Waals surface area contributed by atoms with Crippen LogP contribution in [0.15, 0.2) is 22.7 Å². The molecule has 1 unspecified atom stereocenters. The van der Waals surface area contributed by atoms with E-state index in [2.05, 4.69) is 46.9 Å². The number of benzene rings is 1. The van der Waals surface area contributed by atoms with Gasteiger partial charge in [-0.2, -0.15) is 0 Å². The molecule has 1 N–H and O–H groups in total. The lowest BCUT2D eigenvalue weighted by molar-refractivity contribution is 0.0656. The highest BCUT2D eigenvalue weighted by Crippen LogP contribution is 2.23. The predicted molar refractivity (Wildman–Crippen MR) is 90.5 cm³/mol. The summed E-state index contributed by atoms with van der Waals surface area (Å²) in [6.07, 6.45) is 2.46. The Bertz CT molecular complexity index is 547. The zero-order valence-electron chi connectivity index (χ0n) is 13.5. The lowest BCUT2D eigenvalue weighted by Crippen LogP contribution is -2.54. The van der Waals surface area contributed by atoms with Gasteiger partial charge in [0.15, 0.2) is 0 Å². The van der Waals surface area contributed by atoms with Gasteiger partial charge in [0.05, 0.1) is 5.56 Å². The van der Waals surface area contributed by atoms with Crippen LogP contribution in [-0.2, 0) is 0 Å². The number of likely N-dealkylation sites (tertiary alicyclic amines) is 1. The molecule has 5 heteroatoms. The minimum Gasteiger partial charge on any atom is -0.350 e. The van der Waals surface area contributed by atoms with Gasteiger partial charge in [-0.05, 0) is 57.4 Å². The maximum atomic E-state index is 13.8. The summed E-state index contributed by atoms with van der Waals surface area (Å²) in [5.41, 5.74) is -0.0399. The first-order chi connectivity index (χ1) is 10.3. The summed E-state index contributed by atoms with van der Waals surface area (Å²) in [5, 5.41) is 2.88. The van der Waals surface area contributed by atoms with E-state index in [1.165, 1.54) is 25.0 Å². The molecular weight excluding hydrogens is 347 g/mol. The molecule has 3 nitrogen and oxygen atoms in total. The number of nitrogens with one attached hydrogen (secondary N) is 1. The van der Waals surface area contributed by atoms with E-state index in [-0.39, 0.29) is 17.0 Å². The minimum absolute atomic E-state index is 0.0889. The number of amides is 1. The SMILES string of the molecule is CC1CCCN(C(C)(C)CNC(=O)c2ccc(Br)cc2F)C1. The highest BCUT2D eigenvalue weighted by Gasteiger charge is 2.30. The second kappa shape index (κ2) is 7.09. The normalized spacial score (nSPS) is 20.0. The maximum Gasteiger partial charge on any atom is 0.254 e. The van der Waals surface area contributed by atoms with Gasteiger partial charge >= 0.3 is 0 Å². The zero-order chi connectivity index (χ0) is 16.3. The smallest absolute Gasteiger partial charge is 0.254 e. The number of rotatable bonds is 4. The van der Waals surface area contributed by atoms with Gasteiger partial charge < -0.3 is 5.32 Å². The summed E-state index contributed by atoms with van der Waals surface area (Å²) in [7, 11) is 0. The predicted octanol–water partition coefficient (Wildman–Crippen LogP) is 3.83. The number of nitrogens with zero attached hydrogens (tertiary/aromatic N) is 1. The molecular formula is C17H24BrFN2O. The van der Waals surface area contributed by atoms with E-state index in [1.807, 2.05) is 0 Å². The summed E-state index contributed by atoms with van der Waals surface area (Å²) >= 11 is 3.20. The molecule has 0 aliphatic carbocycles. The van der Waals surface area contributed by atoms with Crippen LogP contribution in [0.1, 0.15) is 44.0 Å². The molecule has 0 radical (unpaired) electrons. The van der Waals surface area contributed by atoms with Crippen molar-refractivity contribution in [3.63, 3.8) is 0 Å². The minimum atomic E-state index is -0.503. The molecule has 1 aromatic carbocycles. The molecule has 0 saturated carbocycles. The van der Waals surface area contributed by atoms with Gasteiger partial charge in [0.1, 0.15) is 5.82 Å². The quantitative estimate of drug-likeness (QED) is 0.873. The van der Waals surface area contributed by atoms with Crippen molar-refractivity contribution in [1.29, 1.82) is 0 Å². The molecule has 1 aliphatic rings. The molecule has 2 rings (SSSR count). The highest BCUT2D eigenvalue weighted by molar-refractivity contribution is 9.10. The third-order valence-corrected chi connectivity index (χ3v) is 4.86. The van der Waals surface area contributed by atoms with Gasteiger partial charge in [0.25, 0.3) is 5.91 Å². The van der Waals surface area contributed by atoms with E-state index in [0.29, 0.717) is 16.9 Å². The van der Waals surface area contributed by atoms with E-state index in [0.717, 1.165) is 13.1 Å². The second-order valence-corrected chi connectivity index (χ2v) is 7.73. The fourth-order valence-electron chi connectivity index (χ4n) is 2.92. The largest absolute Gasteiger partial charge is 0.350 e. The molecule has 1 aromatic rings. The first-order valence-corrected chi connectivity index (χ1v) is 8.57. The zero-order valence-corrected chi connectivity index (χ0v) is 15.0. The van der Waals surface area contributed by atoms with Crippen LogP contribution in [0.5, 0.6) is 0 Å². The third-order valence-electron chi connectivity index (χ3n) is 4.37. The first kappa shape index (κ1) is 17.4. The number of carbonyl (C=O) groups excluding carboxylic acids is 1. The molecule has 1 saturated heterocycles. The summed E-state index contributed by atoms with van der Waals surface area (Å²) in [6, 6.07) is 4.49. The summed E-state index contributed by atoms with van der Waals surface area (Å²) in [4.78, 5) is 14.6. The van der Waals surface area contributed by atoms with Crippen molar-refractivity contribution < 1.29 is 9.18 Å². The van der Waals surface area contributed by atoms with Crippen LogP contribution >= 0.6 is 15.9 Å². The molecule has 0 bridgehead atoms. The fraction of sp³-hybridized carbons (Fsp3) is 0.588. The molecule has 0 spiro atoms. The molecule has 122 valence electrons. The molecule has 1 atom stereocenters. The monoisotopic (exact) mass is 370 g/mol. The Morgan fingerprint density at radius 1 is 1.50 bits per heavy atom. The first-order valence-electron chi connectivity index (χ1n) is 7.78. The van der Waals surface area contributed by atoms with Crippen molar-refractivity contribution in [2.24, 2.45) is 5.92 Å². The standard InChI is InChI=1S/C17H24BrFN2O/c1-12-5-4-8-21(10-12)17(2,3)11-20-16(22)14-7-6-13(18)9-15(14)19/h6-7,9,12H,4-5,8,10-11H2,1-3H3,(H,20,22). The van der Waals surface area contributed by atoms with Crippen molar-refractivity contribution in [3.8, 4) is 0 Å². The van der Waals surface area contributed by atoms with Crippen LogP contribution in [0.4, 0.5) is 4.39 Å². The molecule has 1 fully saturated rings. The van der Waals surface area contributed by atoms with Crippen molar-refractivity contribution in [3.05, 3.63) is 34.1 Å². The van der Waals surface area contributed by atoms with Crippen LogP contribution in [0, 0.1) is 11.7 Å². The average Bonchev–Trinajstić information content (AvgIpc) is 2.45. The summed E-state index contributed by atoms with van der Waals surface area (Å²) in [6.45, 7) is 9.13. The van der Waals surface area contributed by atoms with Gasteiger partial charge in [-0.1, -0.05) is 22.9 Å². The Morgan fingerprint density at radius 2 is 2.23 bits per heavy atom. The van der Waals surface area contributed by atoms with Crippen molar-refractivity contribution in [2.45, 2.75) is 39.2 Å². The van der Waals surface area contributed by atoms with Crippen LogP contribution in [0.25, 0.3) is 0 Å². The van der Waals surface area contributed by atoms with Crippen LogP contribution in [-0.4, -0.2) is 36.0 Å². The van der Waals surface area contributed by atoms with E-state index >= 15 is 0 Å². The topological polar surface area (TPSA) is 32.3 Å². The van der Waals surface area contributed by atoms with E-state index in [4.69, 9.17) is 0 Å². The fourth-order valence-corrected chi connectivity index (χ4v) is 3.25. The van der Waals surface area contributed by atoms with E-state index in [9.17, 15) is 9.18 Å². The highest BCUT2D eigenvalue weighted by atomic mass is 79.9. The van der Waals surface area contributed by atoms with Crippen molar-refractivity contribution in [2.75, 3.05) is 19.6 Å². The second-order valence-electron chi connectivity index (χ2n) is 6.81. The summed E-state index contributed by atoms with van der Waals surface area (Å²) in [5.74, 6) is -0.174. The average molecular weight is 371 g/mol. The number of carbonyl (C=O) groups is 1. The van der Waals surface area contributed by atoms with Gasteiger partial charge in [0.2, 0.25) is 0 Å². The lowest BCUT2D eigenvalue weighted by Gasteiger charge is -2.43. The van der Waals surface area contributed by atoms with Gasteiger partial charge in [-0.15, -0.1) is 0 Å². The molecule has 0 aromatic heterocycles. The van der Waals surface area contributed by atoms with Crippen LogP contribution in [0.2, 0.25) is 0 Å². The maximum absolute atomic E-state index is 13.8. The molecule has 1 amide bonds. The Balaban J connectivity index is 1.97. The number of hydrogen-bond acceptors (Lipinski definition) is 2. The van der Waals surface area contributed by atoms with E-state index < -0.39 is 5.82 Å². The number of hydrogen-bond donors (Lipinski definition) is 1.